The van der Waals surface area contributed by atoms with Gasteiger partial charge < -0.3 is 5.32 Å². The van der Waals surface area contributed by atoms with Crippen LogP contribution in [-0.2, 0) is 12.8 Å². The van der Waals surface area contributed by atoms with Gasteiger partial charge in [-0.1, -0.05) is 0 Å². The highest BCUT2D eigenvalue weighted by atomic mass is 32.1. The minimum atomic E-state index is -0.0547. The van der Waals surface area contributed by atoms with Crippen LogP contribution in [0.1, 0.15) is 38.6 Å². The largest absolute Gasteiger partial charge is 0.304 e. The smallest absolute Gasteiger partial charge is 0.266 e. The maximum Gasteiger partial charge on any atom is 0.266 e. The number of aromatic nitrogens is 2. The minimum Gasteiger partial charge on any atom is -0.304 e. The van der Waals surface area contributed by atoms with Crippen molar-refractivity contribution in [3.05, 3.63) is 33.1 Å². The van der Waals surface area contributed by atoms with Crippen LogP contribution in [0, 0.1) is 6.92 Å². The van der Waals surface area contributed by atoms with E-state index in [4.69, 9.17) is 0 Å². The zero-order valence-corrected chi connectivity index (χ0v) is 11.1. The Morgan fingerprint density at radius 3 is 2.94 bits per heavy atom. The number of carbonyl (C=O) groups excluding carboxylic acids is 1. The molecule has 2 aromatic rings. The van der Waals surface area contributed by atoms with Crippen LogP contribution >= 0.6 is 11.3 Å². The summed E-state index contributed by atoms with van der Waals surface area (Å²) in [4.78, 5) is 14.3. The van der Waals surface area contributed by atoms with Crippen molar-refractivity contribution in [2.75, 3.05) is 5.32 Å². The average molecular weight is 261 g/mol. The van der Waals surface area contributed by atoms with E-state index in [1.165, 1.54) is 23.3 Å². The number of nitrogens with one attached hydrogen (secondary N) is 2. The summed E-state index contributed by atoms with van der Waals surface area (Å²) in [5, 5.41) is 9.64. The molecule has 0 aromatic carbocycles. The maximum atomic E-state index is 12.1. The van der Waals surface area contributed by atoms with Crippen LogP contribution in [0.5, 0.6) is 0 Å². The number of aryl methyl sites for hydroxylation is 3. The van der Waals surface area contributed by atoms with Crippen molar-refractivity contribution in [3.8, 4) is 0 Å². The van der Waals surface area contributed by atoms with E-state index in [1.807, 2.05) is 19.1 Å². The highest BCUT2D eigenvalue weighted by Crippen LogP contribution is 2.29. The van der Waals surface area contributed by atoms with Crippen LogP contribution in [0.2, 0.25) is 0 Å². The van der Waals surface area contributed by atoms with Gasteiger partial charge in [-0.15, -0.1) is 11.3 Å². The molecule has 0 saturated carbocycles. The van der Waals surface area contributed by atoms with Crippen LogP contribution in [0.3, 0.4) is 0 Å². The lowest BCUT2D eigenvalue weighted by molar-refractivity contribution is 0.103. The Labute approximate surface area is 109 Å². The summed E-state index contributed by atoms with van der Waals surface area (Å²) >= 11 is 1.62. The van der Waals surface area contributed by atoms with Gasteiger partial charge in [-0.2, -0.15) is 5.10 Å². The lowest BCUT2D eigenvalue weighted by Gasteiger charge is -2.08. The van der Waals surface area contributed by atoms with Crippen molar-refractivity contribution < 1.29 is 4.79 Å². The maximum absolute atomic E-state index is 12.1. The molecule has 0 radical (unpaired) electrons. The Bertz CT molecular complexity index is 561. The van der Waals surface area contributed by atoms with E-state index < -0.39 is 0 Å². The second-order valence-corrected chi connectivity index (χ2v) is 5.79. The second kappa shape index (κ2) is 4.57. The highest BCUT2D eigenvalue weighted by molar-refractivity contribution is 7.14. The molecular formula is C13H15N3OS. The molecule has 0 atom stereocenters. The molecule has 4 nitrogen and oxygen atoms in total. The number of anilines is 1. The number of hydrogen-bond acceptors (Lipinski definition) is 3. The Kier molecular flexibility index (Phi) is 2.91. The summed E-state index contributed by atoms with van der Waals surface area (Å²) in [5.74, 6) is 0.532. The predicted molar refractivity (Wildman–Crippen MR) is 72.2 cm³/mol. The number of nitrogens with zero attached hydrogens (tertiary/aromatic N) is 1. The fourth-order valence-corrected chi connectivity index (χ4v) is 3.41. The van der Waals surface area contributed by atoms with E-state index in [0.717, 1.165) is 23.4 Å². The van der Waals surface area contributed by atoms with Crippen LogP contribution in [0.25, 0.3) is 0 Å². The van der Waals surface area contributed by atoms with Crippen LogP contribution in [0.15, 0.2) is 12.1 Å². The molecular weight excluding hydrogens is 246 g/mol. The summed E-state index contributed by atoms with van der Waals surface area (Å²) in [7, 11) is 0. The number of fused-ring (bicyclic) bond motifs is 1. The first-order chi connectivity index (χ1) is 8.72. The van der Waals surface area contributed by atoms with Gasteiger partial charge in [0.25, 0.3) is 5.91 Å². The first-order valence-electron chi connectivity index (χ1n) is 6.17. The van der Waals surface area contributed by atoms with E-state index in [1.54, 1.807) is 11.3 Å². The molecule has 1 amide bonds. The second-order valence-electron chi connectivity index (χ2n) is 4.66. The summed E-state index contributed by atoms with van der Waals surface area (Å²) in [6.07, 6.45) is 4.71. The molecule has 94 valence electrons. The van der Waals surface area contributed by atoms with E-state index >= 15 is 0 Å². The third-order valence-corrected chi connectivity index (χ3v) is 4.40. The Morgan fingerprint density at radius 1 is 1.39 bits per heavy atom. The average Bonchev–Trinajstić information content (AvgIpc) is 2.95. The molecule has 1 aliphatic carbocycles. The molecule has 18 heavy (non-hydrogen) atoms. The van der Waals surface area contributed by atoms with Crippen molar-refractivity contribution in [1.82, 2.24) is 10.2 Å². The molecule has 2 heterocycles. The number of amides is 1. The number of rotatable bonds is 2. The van der Waals surface area contributed by atoms with Gasteiger partial charge in [0, 0.05) is 16.6 Å². The molecule has 0 unspecified atom stereocenters. The predicted octanol–water partition coefficient (Wildman–Crippen LogP) is 2.91. The fraction of sp³-hybridized carbons (Fsp3) is 0.385. The third-order valence-electron chi connectivity index (χ3n) is 3.17. The molecule has 5 heteroatoms. The fourth-order valence-electron chi connectivity index (χ4n) is 2.26. The van der Waals surface area contributed by atoms with Crippen LogP contribution < -0.4 is 5.32 Å². The Morgan fingerprint density at radius 2 is 2.22 bits per heavy atom. The van der Waals surface area contributed by atoms with E-state index in [-0.39, 0.29) is 5.91 Å². The number of thiophene rings is 1. The molecule has 1 aliphatic rings. The number of carbonyl (C=O) groups is 1. The minimum absolute atomic E-state index is 0.0547. The van der Waals surface area contributed by atoms with Crippen molar-refractivity contribution in [3.63, 3.8) is 0 Å². The molecule has 0 fully saturated rings. The summed E-state index contributed by atoms with van der Waals surface area (Å²) in [6.45, 7) is 1.91. The van der Waals surface area contributed by atoms with Gasteiger partial charge in [0.05, 0.1) is 4.88 Å². The van der Waals surface area contributed by atoms with Crippen molar-refractivity contribution in [2.24, 2.45) is 0 Å². The van der Waals surface area contributed by atoms with Crippen LogP contribution in [-0.4, -0.2) is 16.1 Å². The summed E-state index contributed by atoms with van der Waals surface area (Å²) < 4.78 is 0. The van der Waals surface area contributed by atoms with Crippen molar-refractivity contribution in [1.29, 1.82) is 0 Å². The zero-order chi connectivity index (χ0) is 12.5. The van der Waals surface area contributed by atoms with Gasteiger partial charge in [-0.3, -0.25) is 9.89 Å². The molecule has 3 rings (SSSR count). The first kappa shape index (κ1) is 11.5. The normalized spacial score (nSPS) is 14.3. The van der Waals surface area contributed by atoms with Crippen molar-refractivity contribution in [2.45, 2.75) is 32.6 Å². The molecule has 2 N–H and O–H groups in total. The molecule has 0 saturated heterocycles. The summed E-state index contributed by atoms with van der Waals surface area (Å²) in [6, 6.07) is 3.86. The monoisotopic (exact) mass is 261 g/mol. The Hall–Kier alpha value is -1.62. The molecule has 0 aliphatic heterocycles. The Balaban J connectivity index is 1.78. The van der Waals surface area contributed by atoms with E-state index in [9.17, 15) is 4.79 Å². The SMILES string of the molecule is Cc1cc(NC(=O)c2cc3c(s2)CCCC3)n[nH]1. The third kappa shape index (κ3) is 2.18. The van der Waals surface area contributed by atoms with Gasteiger partial charge in [0.2, 0.25) is 0 Å². The molecule has 2 aromatic heterocycles. The summed E-state index contributed by atoms with van der Waals surface area (Å²) in [5.41, 5.74) is 2.30. The van der Waals surface area contributed by atoms with Gasteiger partial charge in [0.15, 0.2) is 5.82 Å². The number of aromatic amines is 1. The topological polar surface area (TPSA) is 57.8 Å². The standard InChI is InChI=1S/C13H15N3OS/c1-8-6-12(16-15-8)14-13(17)11-7-9-4-2-3-5-10(9)18-11/h6-7H,2-5H2,1H3,(H2,14,15,16,17). The van der Waals surface area contributed by atoms with Crippen molar-refractivity contribution >= 4 is 23.1 Å². The highest BCUT2D eigenvalue weighted by Gasteiger charge is 2.17. The number of H-pyrrole nitrogens is 1. The van der Waals surface area contributed by atoms with Crippen LogP contribution in [0.4, 0.5) is 5.82 Å². The van der Waals surface area contributed by atoms with Gasteiger partial charge >= 0.3 is 0 Å². The van der Waals surface area contributed by atoms with Gasteiger partial charge in [-0.05, 0) is 44.2 Å². The first-order valence-corrected chi connectivity index (χ1v) is 6.99. The van der Waals surface area contributed by atoms with Gasteiger partial charge in [0.1, 0.15) is 0 Å². The zero-order valence-electron chi connectivity index (χ0n) is 10.2. The van der Waals surface area contributed by atoms with E-state index in [0.29, 0.717) is 5.82 Å². The quantitative estimate of drug-likeness (QED) is 0.873. The number of hydrogen-bond donors (Lipinski definition) is 2. The molecule has 0 spiro atoms. The molecule has 0 bridgehead atoms. The van der Waals surface area contributed by atoms with E-state index in [2.05, 4.69) is 15.5 Å². The lowest BCUT2D eigenvalue weighted by Crippen LogP contribution is -2.10. The van der Waals surface area contributed by atoms with Gasteiger partial charge in [-0.25, -0.2) is 0 Å². The lowest BCUT2D eigenvalue weighted by atomic mass is 9.99.